The predicted molar refractivity (Wildman–Crippen MR) is 62.7 cm³/mol. The van der Waals surface area contributed by atoms with Crippen LogP contribution in [0.1, 0.15) is 34.4 Å². The Kier molecular flexibility index (Phi) is 2.88. The van der Waals surface area contributed by atoms with Crippen molar-refractivity contribution in [2.45, 2.75) is 25.2 Å². The Hall–Kier alpha value is -0.750. The SMILES string of the molecule is CC1(c2ncc(C=O)s2)CCS(=O)(=O)CC1. The fourth-order valence-electron chi connectivity index (χ4n) is 1.82. The molecule has 0 atom stereocenters. The van der Waals surface area contributed by atoms with E-state index in [4.69, 9.17) is 0 Å². The summed E-state index contributed by atoms with van der Waals surface area (Å²) >= 11 is 1.36. The van der Waals surface area contributed by atoms with Gasteiger partial charge in [0.25, 0.3) is 0 Å². The van der Waals surface area contributed by atoms with E-state index in [2.05, 4.69) is 4.98 Å². The second-order valence-electron chi connectivity index (χ2n) is 4.40. The number of hydrogen-bond acceptors (Lipinski definition) is 5. The third-order valence-electron chi connectivity index (χ3n) is 3.09. The number of aromatic nitrogens is 1. The van der Waals surface area contributed by atoms with Crippen molar-refractivity contribution >= 4 is 27.5 Å². The van der Waals surface area contributed by atoms with Crippen LogP contribution in [0.5, 0.6) is 0 Å². The quantitative estimate of drug-likeness (QED) is 0.754. The summed E-state index contributed by atoms with van der Waals surface area (Å²) in [7, 11) is -2.85. The Bertz CT molecular complexity index is 490. The van der Waals surface area contributed by atoms with E-state index in [-0.39, 0.29) is 16.9 Å². The van der Waals surface area contributed by atoms with E-state index in [0.29, 0.717) is 17.7 Å². The van der Waals surface area contributed by atoms with E-state index in [9.17, 15) is 13.2 Å². The topological polar surface area (TPSA) is 64.1 Å². The number of nitrogens with zero attached hydrogens (tertiary/aromatic N) is 1. The number of rotatable bonds is 2. The summed E-state index contributed by atoms with van der Waals surface area (Å²) in [6, 6.07) is 0. The zero-order valence-electron chi connectivity index (χ0n) is 8.97. The molecule has 1 aliphatic rings. The number of aldehydes is 1. The van der Waals surface area contributed by atoms with Gasteiger partial charge in [-0.3, -0.25) is 4.79 Å². The molecule has 0 N–H and O–H groups in total. The molecule has 1 fully saturated rings. The molecule has 16 heavy (non-hydrogen) atoms. The first kappa shape index (κ1) is 11.7. The highest BCUT2D eigenvalue weighted by molar-refractivity contribution is 7.91. The molecule has 0 unspecified atom stereocenters. The Morgan fingerprint density at radius 2 is 2.06 bits per heavy atom. The maximum Gasteiger partial charge on any atom is 0.161 e. The van der Waals surface area contributed by atoms with Crippen LogP contribution in [0.3, 0.4) is 0 Å². The monoisotopic (exact) mass is 259 g/mol. The minimum absolute atomic E-state index is 0.183. The smallest absolute Gasteiger partial charge is 0.161 e. The van der Waals surface area contributed by atoms with Crippen molar-refractivity contribution in [2.24, 2.45) is 0 Å². The third-order valence-corrected chi connectivity index (χ3v) is 5.97. The van der Waals surface area contributed by atoms with Crippen molar-refractivity contribution in [2.75, 3.05) is 11.5 Å². The van der Waals surface area contributed by atoms with Crippen molar-refractivity contribution in [1.82, 2.24) is 4.98 Å². The normalized spacial score (nSPS) is 22.8. The van der Waals surface area contributed by atoms with E-state index >= 15 is 0 Å². The molecule has 2 rings (SSSR count). The fourth-order valence-corrected chi connectivity index (χ4v) is 4.48. The van der Waals surface area contributed by atoms with Crippen molar-refractivity contribution in [1.29, 1.82) is 0 Å². The highest BCUT2D eigenvalue weighted by Crippen LogP contribution is 2.37. The van der Waals surface area contributed by atoms with Gasteiger partial charge in [-0.05, 0) is 12.8 Å². The van der Waals surface area contributed by atoms with Crippen molar-refractivity contribution in [3.63, 3.8) is 0 Å². The lowest BCUT2D eigenvalue weighted by atomic mass is 9.85. The van der Waals surface area contributed by atoms with E-state index in [1.807, 2.05) is 6.92 Å². The lowest BCUT2D eigenvalue weighted by Gasteiger charge is -2.31. The van der Waals surface area contributed by atoms with Crippen LogP contribution in [0.25, 0.3) is 0 Å². The first-order valence-electron chi connectivity index (χ1n) is 5.07. The van der Waals surface area contributed by atoms with Crippen LogP contribution in [0.2, 0.25) is 0 Å². The van der Waals surface area contributed by atoms with Crippen molar-refractivity contribution in [3.05, 3.63) is 16.1 Å². The largest absolute Gasteiger partial charge is 0.297 e. The van der Waals surface area contributed by atoms with Gasteiger partial charge in [-0.1, -0.05) is 6.92 Å². The maximum absolute atomic E-state index is 11.4. The molecule has 1 aliphatic heterocycles. The standard InChI is InChI=1S/C10H13NO3S2/c1-10(2-4-16(13,14)5-3-10)9-11-6-8(7-12)15-9/h6-7H,2-5H2,1H3. The zero-order chi connectivity index (χ0) is 11.8. The highest BCUT2D eigenvalue weighted by atomic mass is 32.2. The van der Waals surface area contributed by atoms with Gasteiger partial charge >= 0.3 is 0 Å². The average molecular weight is 259 g/mol. The van der Waals surface area contributed by atoms with Gasteiger partial charge in [-0.2, -0.15) is 0 Å². The summed E-state index contributed by atoms with van der Waals surface area (Å²) < 4.78 is 22.7. The number of hydrogen-bond donors (Lipinski definition) is 0. The molecular weight excluding hydrogens is 246 g/mol. The molecule has 0 aromatic carbocycles. The van der Waals surface area contributed by atoms with Crippen LogP contribution >= 0.6 is 11.3 Å². The molecule has 0 saturated carbocycles. The lowest BCUT2D eigenvalue weighted by Crippen LogP contribution is -2.34. The van der Waals surface area contributed by atoms with Gasteiger partial charge in [0.2, 0.25) is 0 Å². The summed E-state index contributed by atoms with van der Waals surface area (Å²) in [6.07, 6.45) is 3.54. The molecule has 2 heterocycles. The van der Waals surface area contributed by atoms with Crippen molar-refractivity contribution < 1.29 is 13.2 Å². The third kappa shape index (κ3) is 2.17. The Balaban J connectivity index is 2.24. The van der Waals surface area contributed by atoms with Gasteiger partial charge < -0.3 is 0 Å². The van der Waals surface area contributed by atoms with Gasteiger partial charge in [0, 0.05) is 11.6 Å². The van der Waals surface area contributed by atoms with Crippen LogP contribution in [0.15, 0.2) is 6.20 Å². The molecule has 0 aliphatic carbocycles. The number of carbonyl (C=O) groups is 1. The highest BCUT2D eigenvalue weighted by Gasteiger charge is 2.36. The Morgan fingerprint density at radius 3 is 2.56 bits per heavy atom. The molecule has 0 amide bonds. The second-order valence-corrected chi connectivity index (χ2v) is 7.76. The molecule has 1 saturated heterocycles. The van der Waals surface area contributed by atoms with Gasteiger partial charge in [0.05, 0.1) is 21.4 Å². The zero-order valence-corrected chi connectivity index (χ0v) is 10.6. The molecule has 1 aromatic heterocycles. The first-order valence-corrected chi connectivity index (χ1v) is 7.71. The average Bonchev–Trinajstić information content (AvgIpc) is 2.72. The maximum atomic E-state index is 11.4. The molecular formula is C10H13NO3S2. The lowest BCUT2D eigenvalue weighted by molar-refractivity contribution is 0.112. The number of thiazole rings is 1. The van der Waals surface area contributed by atoms with Crippen LogP contribution < -0.4 is 0 Å². The van der Waals surface area contributed by atoms with Crippen LogP contribution in [0.4, 0.5) is 0 Å². The van der Waals surface area contributed by atoms with Crippen LogP contribution in [0, 0.1) is 0 Å². The minimum Gasteiger partial charge on any atom is -0.297 e. The second kappa shape index (κ2) is 3.92. The first-order chi connectivity index (χ1) is 7.45. The van der Waals surface area contributed by atoms with Gasteiger partial charge in [-0.25, -0.2) is 13.4 Å². The molecule has 0 radical (unpaired) electrons. The van der Waals surface area contributed by atoms with Gasteiger partial charge in [-0.15, -0.1) is 11.3 Å². The van der Waals surface area contributed by atoms with Crippen LogP contribution in [-0.2, 0) is 15.3 Å². The molecule has 6 heteroatoms. The Labute approximate surface area is 98.6 Å². The van der Waals surface area contributed by atoms with Crippen molar-refractivity contribution in [3.8, 4) is 0 Å². The van der Waals surface area contributed by atoms with E-state index in [1.54, 1.807) is 6.20 Å². The number of carbonyl (C=O) groups excluding carboxylic acids is 1. The summed E-state index contributed by atoms with van der Waals surface area (Å²) in [5, 5.41) is 0.879. The molecule has 4 nitrogen and oxygen atoms in total. The fraction of sp³-hybridized carbons (Fsp3) is 0.600. The minimum atomic E-state index is -2.85. The summed E-state index contributed by atoms with van der Waals surface area (Å²) in [5.41, 5.74) is -0.183. The summed E-state index contributed by atoms with van der Waals surface area (Å²) in [5.74, 6) is 0.443. The summed E-state index contributed by atoms with van der Waals surface area (Å²) in [4.78, 5) is 15.4. The van der Waals surface area contributed by atoms with E-state index in [0.717, 1.165) is 11.3 Å². The molecule has 1 aromatic rings. The molecule has 88 valence electrons. The number of sulfone groups is 1. The summed E-state index contributed by atoms with van der Waals surface area (Å²) in [6.45, 7) is 2.02. The predicted octanol–water partition coefficient (Wildman–Crippen LogP) is 1.42. The van der Waals surface area contributed by atoms with Gasteiger partial charge in [0.1, 0.15) is 9.84 Å². The van der Waals surface area contributed by atoms with E-state index in [1.165, 1.54) is 11.3 Å². The van der Waals surface area contributed by atoms with Gasteiger partial charge in [0.15, 0.2) is 6.29 Å². The Morgan fingerprint density at radius 1 is 1.44 bits per heavy atom. The molecule has 0 spiro atoms. The molecule has 0 bridgehead atoms. The van der Waals surface area contributed by atoms with Crippen LogP contribution in [-0.4, -0.2) is 31.2 Å². The van der Waals surface area contributed by atoms with E-state index < -0.39 is 9.84 Å².